The highest BCUT2D eigenvalue weighted by atomic mass is 35.5. The number of rotatable bonds is 6. The minimum absolute atomic E-state index is 0.0888. The number of carbonyl (C=O) groups is 2. The Hall–Kier alpha value is -1.30. The summed E-state index contributed by atoms with van der Waals surface area (Å²) < 4.78 is 0. The van der Waals surface area contributed by atoms with Crippen LogP contribution in [0.25, 0.3) is 0 Å². The molecule has 0 aromatic heterocycles. The van der Waals surface area contributed by atoms with Gasteiger partial charge in [-0.1, -0.05) is 36.2 Å². The van der Waals surface area contributed by atoms with Crippen LogP contribution in [0.4, 0.5) is 5.69 Å². The van der Waals surface area contributed by atoms with Gasteiger partial charge in [0.2, 0.25) is 11.8 Å². The fourth-order valence-electron chi connectivity index (χ4n) is 1.56. The summed E-state index contributed by atoms with van der Waals surface area (Å²) in [7, 11) is 1.56. The maximum Gasteiger partial charge on any atom is 0.238 e. The predicted molar refractivity (Wildman–Crippen MR) is 81.3 cm³/mol. The fourth-order valence-corrected chi connectivity index (χ4v) is 2.05. The van der Waals surface area contributed by atoms with Gasteiger partial charge in [-0.05, 0) is 18.7 Å². The molecule has 0 unspecified atom stereocenters. The van der Waals surface area contributed by atoms with E-state index in [4.69, 9.17) is 23.2 Å². The van der Waals surface area contributed by atoms with Crippen molar-refractivity contribution in [1.82, 2.24) is 10.2 Å². The van der Waals surface area contributed by atoms with Crippen molar-refractivity contribution in [1.29, 1.82) is 0 Å². The second-order valence-electron chi connectivity index (χ2n) is 4.12. The monoisotopic (exact) mass is 317 g/mol. The Bertz CT molecular complexity index is 474. The van der Waals surface area contributed by atoms with Crippen LogP contribution < -0.4 is 10.6 Å². The van der Waals surface area contributed by atoms with E-state index < -0.39 is 0 Å². The molecule has 0 heterocycles. The van der Waals surface area contributed by atoms with Crippen molar-refractivity contribution in [3.63, 3.8) is 0 Å². The second-order valence-corrected chi connectivity index (χ2v) is 4.94. The number of carbonyl (C=O) groups excluding carboxylic acids is 2. The van der Waals surface area contributed by atoms with Gasteiger partial charge in [0.1, 0.15) is 0 Å². The van der Waals surface area contributed by atoms with Gasteiger partial charge in [0.15, 0.2) is 0 Å². The zero-order valence-electron chi connectivity index (χ0n) is 11.4. The van der Waals surface area contributed by atoms with Gasteiger partial charge in [-0.2, -0.15) is 0 Å². The molecule has 0 saturated carbocycles. The van der Waals surface area contributed by atoms with Crippen LogP contribution in [0, 0.1) is 0 Å². The van der Waals surface area contributed by atoms with Crippen LogP contribution in [0.5, 0.6) is 0 Å². The number of nitrogens with zero attached hydrogens (tertiary/aromatic N) is 1. The maximum absolute atomic E-state index is 12.0. The molecule has 0 aliphatic carbocycles. The maximum atomic E-state index is 12.0. The summed E-state index contributed by atoms with van der Waals surface area (Å²) in [6, 6.07) is 4.99. The number of likely N-dealkylation sites (N-methyl/N-ethyl adjacent to an activating group) is 2. The zero-order chi connectivity index (χ0) is 15.1. The molecule has 0 aliphatic rings. The van der Waals surface area contributed by atoms with E-state index in [1.807, 2.05) is 6.92 Å². The van der Waals surface area contributed by atoms with Gasteiger partial charge in [0.05, 0.1) is 28.8 Å². The third-order valence-corrected chi connectivity index (χ3v) is 3.32. The topological polar surface area (TPSA) is 61.4 Å². The zero-order valence-corrected chi connectivity index (χ0v) is 12.9. The Labute approximate surface area is 128 Å². The first-order chi connectivity index (χ1) is 9.47. The number of nitrogens with one attached hydrogen (secondary N) is 2. The first-order valence-corrected chi connectivity index (χ1v) is 6.90. The van der Waals surface area contributed by atoms with E-state index in [0.717, 1.165) is 0 Å². The Morgan fingerprint density at radius 1 is 1.15 bits per heavy atom. The third-order valence-electron chi connectivity index (χ3n) is 2.69. The van der Waals surface area contributed by atoms with E-state index in [0.29, 0.717) is 22.3 Å². The Kier molecular flexibility index (Phi) is 6.78. The van der Waals surface area contributed by atoms with Crippen LogP contribution >= 0.6 is 23.2 Å². The number of benzene rings is 1. The van der Waals surface area contributed by atoms with Gasteiger partial charge in [-0.3, -0.25) is 14.5 Å². The van der Waals surface area contributed by atoms with E-state index in [1.54, 1.807) is 30.1 Å². The number of hydrogen-bond donors (Lipinski definition) is 2. The van der Waals surface area contributed by atoms with Crippen molar-refractivity contribution in [2.75, 3.05) is 32.0 Å². The standard InChI is InChI=1S/C13H17Cl2N3O2/c1-3-18(7-11(19)16-2)8-12(20)17-13-9(14)5-4-6-10(13)15/h4-6H,3,7-8H2,1-2H3,(H,16,19)(H,17,20). The van der Waals surface area contributed by atoms with Crippen LogP contribution in [0.15, 0.2) is 18.2 Å². The van der Waals surface area contributed by atoms with Crippen LogP contribution in [-0.4, -0.2) is 43.4 Å². The largest absolute Gasteiger partial charge is 0.358 e. The lowest BCUT2D eigenvalue weighted by Gasteiger charge is -2.19. The van der Waals surface area contributed by atoms with Gasteiger partial charge in [0.25, 0.3) is 0 Å². The molecule has 1 aromatic rings. The summed E-state index contributed by atoms with van der Waals surface area (Å²) in [6.45, 7) is 2.71. The molecule has 1 aromatic carbocycles. The summed E-state index contributed by atoms with van der Waals surface area (Å²) in [4.78, 5) is 25.0. The van der Waals surface area contributed by atoms with E-state index in [2.05, 4.69) is 10.6 Å². The van der Waals surface area contributed by atoms with Crippen molar-refractivity contribution < 1.29 is 9.59 Å². The molecule has 5 nitrogen and oxygen atoms in total. The number of halogens is 2. The minimum Gasteiger partial charge on any atom is -0.358 e. The molecule has 20 heavy (non-hydrogen) atoms. The third kappa shape index (κ3) is 5.00. The van der Waals surface area contributed by atoms with Gasteiger partial charge in [0, 0.05) is 7.05 Å². The molecule has 2 amide bonds. The molecular formula is C13H17Cl2N3O2. The van der Waals surface area contributed by atoms with E-state index >= 15 is 0 Å². The molecule has 0 saturated heterocycles. The van der Waals surface area contributed by atoms with E-state index in [1.165, 1.54) is 0 Å². The van der Waals surface area contributed by atoms with Crippen molar-refractivity contribution in [3.05, 3.63) is 28.2 Å². The first kappa shape index (κ1) is 16.8. The van der Waals surface area contributed by atoms with Crippen molar-refractivity contribution in [2.24, 2.45) is 0 Å². The number of hydrogen-bond acceptors (Lipinski definition) is 3. The Morgan fingerprint density at radius 2 is 1.70 bits per heavy atom. The molecule has 0 fully saturated rings. The molecule has 2 N–H and O–H groups in total. The van der Waals surface area contributed by atoms with Crippen LogP contribution in [0.3, 0.4) is 0 Å². The highest BCUT2D eigenvalue weighted by Crippen LogP contribution is 2.29. The minimum atomic E-state index is -0.272. The summed E-state index contributed by atoms with van der Waals surface area (Å²) in [5, 5.41) is 5.93. The van der Waals surface area contributed by atoms with Crippen LogP contribution in [0.2, 0.25) is 10.0 Å². The summed E-state index contributed by atoms with van der Waals surface area (Å²) in [6.07, 6.45) is 0. The van der Waals surface area contributed by atoms with E-state index in [-0.39, 0.29) is 24.9 Å². The average Bonchev–Trinajstić information content (AvgIpc) is 2.42. The lowest BCUT2D eigenvalue weighted by molar-refractivity contribution is -0.123. The average molecular weight is 318 g/mol. The molecule has 0 aliphatic heterocycles. The quantitative estimate of drug-likeness (QED) is 0.843. The number of anilines is 1. The van der Waals surface area contributed by atoms with Gasteiger partial charge in [-0.15, -0.1) is 0 Å². The van der Waals surface area contributed by atoms with Crippen LogP contribution in [0.1, 0.15) is 6.92 Å². The predicted octanol–water partition coefficient (Wildman–Crippen LogP) is 2.00. The second kappa shape index (κ2) is 8.09. The van der Waals surface area contributed by atoms with Crippen LogP contribution in [-0.2, 0) is 9.59 Å². The van der Waals surface area contributed by atoms with Crippen molar-refractivity contribution >= 4 is 40.7 Å². The normalized spacial score (nSPS) is 10.4. The molecule has 7 heteroatoms. The van der Waals surface area contributed by atoms with Gasteiger partial charge < -0.3 is 10.6 Å². The molecule has 0 spiro atoms. The molecule has 1 rings (SSSR count). The lowest BCUT2D eigenvalue weighted by Crippen LogP contribution is -2.40. The number of para-hydroxylation sites is 1. The Balaban J connectivity index is 2.64. The number of amides is 2. The smallest absolute Gasteiger partial charge is 0.238 e. The first-order valence-electron chi connectivity index (χ1n) is 6.14. The summed E-state index contributed by atoms with van der Waals surface area (Å²) in [5.41, 5.74) is 0.386. The van der Waals surface area contributed by atoms with Crippen molar-refractivity contribution in [3.8, 4) is 0 Å². The highest BCUT2D eigenvalue weighted by Gasteiger charge is 2.14. The molecule has 0 radical (unpaired) electrons. The summed E-state index contributed by atoms with van der Waals surface area (Å²) in [5.74, 6) is -0.416. The molecule has 110 valence electrons. The SMILES string of the molecule is CCN(CC(=O)NC)CC(=O)Nc1c(Cl)cccc1Cl. The lowest BCUT2D eigenvalue weighted by atomic mass is 10.3. The fraction of sp³-hybridized carbons (Fsp3) is 0.385. The van der Waals surface area contributed by atoms with Crippen molar-refractivity contribution in [2.45, 2.75) is 6.92 Å². The highest BCUT2D eigenvalue weighted by molar-refractivity contribution is 6.39. The molecule has 0 bridgehead atoms. The van der Waals surface area contributed by atoms with Gasteiger partial charge in [-0.25, -0.2) is 0 Å². The molecular weight excluding hydrogens is 301 g/mol. The Morgan fingerprint density at radius 3 is 2.20 bits per heavy atom. The summed E-state index contributed by atoms with van der Waals surface area (Å²) >= 11 is 11.9. The van der Waals surface area contributed by atoms with Gasteiger partial charge >= 0.3 is 0 Å². The molecule has 0 atom stereocenters. The van der Waals surface area contributed by atoms with E-state index in [9.17, 15) is 9.59 Å².